The maximum Gasteiger partial charge on any atom is 0.257 e. The second kappa shape index (κ2) is 7.65. The number of nitrogens with zero attached hydrogens (tertiary/aromatic N) is 2. The van der Waals surface area contributed by atoms with Gasteiger partial charge in [0.2, 0.25) is 5.91 Å². The number of carbonyl (C=O) groups excluding carboxylic acids is 2. The lowest BCUT2D eigenvalue weighted by molar-refractivity contribution is -0.124. The molecule has 27 heavy (non-hydrogen) atoms. The largest absolute Gasteiger partial charge is 0.497 e. The van der Waals surface area contributed by atoms with Crippen molar-refractivity contribution >= 4 is 17.5 Å². The van der Waals surface area contributed by atoms with Crippen LogP contribution in [-0.4, -0.2) is 50.1 Å². The summed E-state index contributed by atoms with van der Waals surface area (Å²) in [4.78, 5) is 28.6. The summed E-state index contributed by atoms with van der Waals surface area (Å²) in [5.74, 6) is -0.204. The average Bonchev–Trinajstić information content (AvgIpc) is 2.69. The number of halogens is 1. The number of rotatable bonds is 4. The molecule has 3 rings (SSSR count). The number of ether oxygens (including phenoxy) is 2. The van der Waals surface area contributed by atoms with Crippen molar-refractivity contribution in [3.05, 3.63) is 53.8 Å². The molecule has 2 amide bonds. The molecule has 0 aliphatic carbocycles. The molecule has 1 fully saturated rings. The molecule has 1 aliphatic rings. The molecule has 0 unspecified atom stereocenters. The van der Waals surface area contributed by atoms with Crippen molar-refractivity contribution in [3.8, 4) is 11.5 Å². The highest BCUT2D eigenvalue weighted by Crippen LogP contribution is 2.30. The van der Waals surface area contributed by atoms with Crippen LogP contribution >= 0.6 is 0 Å². The minimum atomic E-state index is -0.719. The molecule has 1 aliphatic heterocycles. The summed E-state index contributed by atoms with van der Waals surface area (Å²) >= 11 is 0. The Hall–Kier alpha value is -3.09. The van der Waals surface area contributed by atoms with Crippen molar-refractivity contribution in [3.63, 3.8) is 0 Å². The third kappa shape index (κ3) is 3.58. The zero-order chi connectivity index (χ0) is 19.6. The van der Waals surface area contributed by atoms with Crippen LogP contribution < -0.4 is 14.4 Å². The van der Waals surface area contributed by atoms with E-state index in [1.807, 2.05) is 0 Å². The smallest absolute Gasteiger partial charge is 0.257 e. The first kappa shape index (κ1) is 18.7. The van der Waals surface area contributed by atoms with Crippen LogP contribution in [0, 0.1) is 5.82 Å². The molecule has 1 heterocycles. The van der Waals surface area contributed by atoms with Gasteiger partial charge >= 0.3 is 0 Å². The predicted molar refractivity (Wildman–Crippen MR) is 98.8 cm³/mol. The van der Waals surface area contributed by atoms with E-state index >= 15 is 0 Å². The molecule has 1 saturated heterocycles. The van der Waals surface area contributed by atoms with Gasteiger partial charge in [0.05, 0.1) is 25.5 Å². The fraction of sp³-hybridized carbons (Fsp3) is 0.300. The molecule has 0 N–H and O–H groups in total. The maximum absolute atomic E-state index is 14.0. The molecule has 7 heteroatoms. The van der Waals surface area contributed by atoms with Crippen LogP contribution in [0.3, 0.4) is 0 Å². The molecular weight excluding hydrogens is 351 g/mol. The van der Waals surface area contributed by atoms with Gasteiger partial charge in [-0.05, 0) is 19.1 Å². The van der Waals surface area contributed by atoms with E-state index in [0.29, 0.717) is 30.3 Å². The van der Waals surface area contributed by atoms with Gasteiger partial charge < -0.3 is 19.3 Å². The Morgan fingerprint density at radius 2 is 1.70 bits per heavy atom. The Morgan fingerprint density at radius 1 is 1.07 bits per heavy atom. The van der Waals surface area contributed by atoms with Crippen molar-refractivity contribution in [2.45, 2.75) is 13.0 Å². The van der Waals surface area contributed by atoms with E-state index in [2.05, 4.69) is 0 Å². The molecule has 6 nitrogen and oxygen atoms in total. The monoisotopic (exact) mass is 372 g/mol. The zero-order valence-corrected chi connectivity index (χ0v) is 15.4. The second-order valence-electron chi connectivity index (χ2n) is 6.22. The SMILES string of the molecule is COc1cc(OC)cc(N2CCN(C(=O)c3ccccc3F)[C@@H](C)C2=O)c1. The molecule has 0 aromatic heterocycles. The van der Waals surface area contributed by atoms with Gasteiger partial charge in [0.15, 0.2) is 0 Å². The summed E-state index contributed by atoms with van der Waals surface area (Å²) in [5.41, 5.74) is 0.592. The van der Waals surface area contributed by atoms with Crippen molar-refractivity contribution in [2.75, 3.05) is 32.2 Å². The first-order valence-corrected chi connectivity index (χ1v) is 8.56. The first-order valence-electron chi connectivity index (χ1n) is 8.56. The maximum atomic E-state index is 14.0. The Morgan fingerprint density at radius 3 is 2.30 bits per heavy atom. The fourth-order valence-electron chi connectivity index (χ4n) is 3.14. The van der Waals surface area contributed by atoms with Gasteiger partial charge in [0, 0.05) is 31.3 Å². The summed E-state index contributed by atoms with van der Waals surface area (Å²) in [6.07, 6.45) is 0. The lowest BCUT2D eigenvalue weighted by atomic mass is 10.1. The minimum Gasteiger partial charge on any atom is -0.497 e. The summed E-state index contributed by atoms with van der Waals surface area (Å²) in [6, 6.07) is 10.3. The highest BCUT2D eigenvalue weighted by Gasteiger charge is 2.36. The van der Waals surface area contributed by atoms with Crippen molar-refractivity contribution < 1.29 is 23.5 Å². The van der Waals surface area contributed by atoms with Gasteiger partial charge in [-0.2, -0.15) is 0 Å². The van der Waals surface area contributed by atoms with Gasteiger partial charge in [-0.1, -0.05) is 12.1 Å². The zero-order valence-electron chi connectivity index (χ0n) is 15.4. The van der Waals surface area contributed by atoms with Crippen molar-refractivity contribution in [2.24, 2.45) is 0 Å². The molecule has 0 radical (unpaired) electrons. The number of hydrogen-bond acceptors (Lipinski definition) is 4. The predicted octanol–water partition coefficient (Wildman–Crippen LogP) is 2.72. The fourth-order valence-corrected chi connectivity index (χ4v) is 3.14. The molecular formula is C20H21FN2O4. The molecule has 1 atom stereocenters. The summed E-state index contributed by atoms with van der Waals surface area (Å²) in [6.45, 7) is 2.23. The quantitative estimate of drug-likeness (QED) is 0.828. The van der Waals surface area contributed by atoms with Crippen LogP contribution in [0.2, 0.25) is 0 Å². The van der Waals surface area contributed by atoms with Gasteiger partial charge in [-0.3, -0.25) is 9.59 Å². The summed E-state index contributed by atoms with van der Waals surface area (Å²) in [7, 11) is 3.07. The number of hydrogen-bond donors (Lipinski definition) is 0. The Balaban J connectivity index is 1.85. The van der Waals surface area contributed by atoms with E-state index in [-0.39, 0.29) is 11.5 Å². The van der Waals surface area contributed by atoms with Crippen LogP contribution in [0.5, 0.6) is 11.5 Å². The van der Waals surface area contributed by atoms with Crippen LogP contribution in [0.1, 0.15) is 17.3 Å². The average molecular weight is 372 g/mol. The number of carbonyl (C=O) groups is 2. The number of amides is 2. The van der Waals surface area contributed by atoms with E-state index in [1.165, 1.54) is 37.3 Å². The Bertz CT molecular complexity index is 849. The lowest BCUT2D eigenvalue weighted by Crippen LogP contribution is -2.57. The summed E-state index contributed by atoms with van der Waals surface area (Å²) < 4.78 is 24.5. The standard InChI is InChI=1S/C20H21FN2O4/c1-13-19(24)23(14-10-15(26-2)12-16(11-14)27-3)9-8-22(13)20(25)17-6-4-5-7-18(17)21/h4-7,10-13H,8-9H2,1-3H3/t13-/m0/s1. The highest BCUT2D eigenvalue weighted by atomic mass is 19.1. The van der Waals surface area contributed by atoms with Crippen LogP contribution in [0.4, 0.5) is 10.1 Å². The second-order valence-corrected chi connectivity index (χ2v) is 6.22. The molecule has 2 aromatic carbocycles. The van der Waals surface area contributed by atoms with Crippen LogP contribution in [-0.2, 0) is 4.79 Å². The normalized spacial score (nSPS) is 17.0. The third-order valence-electron chi connectivity index (χ3n) is 4.67. The van der Waals surface area contributed by atoms with Crippen molar-refractivity contribution in [1.29, 1.82) is 0 Å². The Labute approximate surface area is 157 Å². The number of anilines is 1. The van der Waals surface area contributed by atoms with E-state index in [4.69, 9.17) is 9.47 Å². The van der Waals surface area contributed by atoms with Gasteiger partial charge in [0.1, 0.15) is 23.4 Å². The number of piperazine rings is 1. The minimum absolute atomic E-state index is 0.0337. The first-order chi connectivity index (χ1) is 13.0. The van der Waals surface area contributed by atoms with Gasteiger partial charge in [-0.15, -0.1) is 0 Å². The van der Waals surface area contributed by atoms with E-state index in [9.17, 15) is 14.0 Å². The topological polar surface area (TPSA) is 59.1 Å². The van der Waals surface area contributed by atoms with Gasteiger partial charge in [-0.25, -0.2) is 4.39 Å². The number of methoxy groups -OCH3 is 2. The molecule has 2 aromatic rings. The number of benzene rings is 2. The molecule has 0 spiro atoms. The van der Waals surface area contributed by atoms with Crippen molar-refractivity contribution in [1.82, 2.24) is 4.90 Å². The van der Waals surface area contributed by atoms with Crippen LogP contribution in [0.25, 0.3) is 0 Å². The van der Waals surface area contributed by atoms with E-state index in [0.717, 1.165) is 0 Å². The Kier molecular flexibility index (Phi) is 5.30. The summed E-state index contributed by atoms with van der Waals surface area (Å²) in [5, 5.41) is 0. The lowest BCUT2D eigenvalue weighted by Gasteiger charge is -2.39. The van der Waals surface area contributed by atoms with E-state index in [1.54, 1.807) is 36.1 Å². The molecule has 0 bridgehead atoms. The third-order valence-corrected chi connectivity index (χ3v) is 4.67. The van der Waals surface area contributed by atoms with Crippen LogP contribution in [0.15, 0.2) is 42.5 Å². The molecule has 0 saturated carbocycles. The van der Waals surface area contributed by atoms with Gasteiger partial charge in [0.25, 0.3) is 5.91 Å². The van der Waals surface area contributed by atoms with E-state index < -0.39 is 17.8 Å². The molecule has 142 valence electrons. The highest BCUT2D eigenvalue weighted by molar-refractivity contribution is 6.03.